The van der Waals surface area contributed by atoms with Gasteiger partial charge in [-0.1, -0.05) is 27.7 Å². The molecule has 0 aliphatic rings. The minimum atomic E-state index is 0.305. The Bertz CT molecular complexity index is 178. The summed E-state index contributed by atoms with van der Waals surface area (Å²) in [5, 5.41) is 3.54. The van der Waals surface area contributed by atoms with Crippen LogP contribution in [0.1, 0.15) is 47.5 Å². The van der Waals surface area contributed by atoms with Gasteiger partial charge in [0.25, 0.3) is 0 Å². The van der Waals surface area contributed by atoms with Gasteiger partial charge in [-0.3, -0.25) is 0 Å². The van der Waals surface area contributed by atoms with Crippen molar-refractivity contribution in [3.05, 3.63) is 0 Å². The Hall–Kier alpha value is -0.480. The van der Waals surface area contributed by atoms with Gasteiger partial charge in [0.15, 0.2) is 0 Å². The standard InChI is InChI=1S/C12H23N/c1-6-8-9-11(12(3,4)5)13-10-7-2/h11,13H,7,9-10H2,1-5H3. The van der Waals surface area contributed by atoms with Crippen molar-refractivity contribution < 1.29 is 0 Å². The zero-order chi connectivity index (χ0) is 10.3. The summed E-state index contributed by atoms with van der Waals surface area (Å²) < 4.78 is 0. The summed E-state index contributed by atoms with van der Waals surface area (Å²) in [6.45, 7) is 12.0. The first-order chi connectivity index (χ1) is 6.02. The fraction of sp³-hybridized carbons (Fsp3) is 0.833. The van der Waals surface area contributed by atoms with Crippen LogP contribution >= 0.6 is 0 Å². The van der Waals surface area contributed by atoms with Gasteiger partial charge < -0.3 is 5.32 Å². The highest BCUT2D eigenvalue weighted by Crippen LogP contribution is 2.21. The highest BCUT2D eigenvalue weighted by Gasteiger charge is 2.22. The van der Waals surface area contributed by atoms with Gasteiger partial charge in [0.05, 0.1) is 0 Å². The molecule has 0 radical (unpaired) electrons. The van der Waals surface area contributed by atoms with E-state index in [0.29, 0.717) is 11.5 Å². The van der Waals surface area contributed by atoms with E-state index < -0.39 is 0 Å². The second-order valence-corrected chi connectivity index (χ2v) is 4.50. The largest absolute Gasteiger partial charge is 0.313 e. The van der Waals surface area contributed by atoms with E-state index in [1.54, 1.807) is 0 Å². The molecule has 1 heteroatoms. The van der Waals surface area contributed by atoms with Crippen molar-refractivity contribution in [3.8, 4) is 11.8 Å². The Morgan fingerprint density at radius 3 is 2.31 bits per heavy atom. The predicted molar refractivity (Wildman–Crippen MR) is 59.6 cm³/mol. The molecule has 0 aromatic carbocycles. The van der Waals surface area contributed by atoms with Gasteiger partial charge in [-0.05, 0) is 25.3 Å². The Labute approximate surface area is 83.3 Å². The summed E-state index contributed by atoms with van der Waals surface area (Å²) in [5.41, 5.74) is 0.305. The van der Waals surface area contributed by atoms with Crippen molar-refractivity contribution >= 4 is 0 Å². The number of rotatable bonds is 4. The molecular weight excluding hydrogens is 158 g/mol. The van der Waals surface area contributed by atoms with Crippen LogP contribution in [0.3, 0.4) is 0 Å². The number of nitrogens with one attached hydrogen (secondary N) is 1. The van der Waals surface area contributed by atoms with Crippen molar-refractivity contribution in [1.82, 2.24) is 5.32 Å². The minimum Gasteiger partial charge on any atom is -0.313 e. The normalized spacial score (nSPS) is 13.3. The molecular formula is C12H23N. The van der Waals surface area contributed by atoms with Crippen molar-refractivity contribution in [3.63, 3.8) is 0 Å². The molecule has 0 heterocycles. The maximum absolute atomic E-state index is 3.54. The average Bonchev–Trinajstić information content (AvgIpc) is 2.02. The zero-order valence-electron chi connectivity index (χ0n) is 9.70. The molecule has 0 saturated carbocycles. The molecule has 0 aliphatic carbocycles. The van der Waals surface area contributed by atoms with E-state index in [2.05, 4.69) is 44.9 Å². The average molecular weight is 181 g/mol. The van der Waals surface area contributed by atoms with Gasteiger partial charge in [0.2, 0.25) is 0 Å². The highest BCUT2D eigenvalue weighted by atomic mass is 14.9. The molecule has 0 spiro atoms. The van der Waals surface area contributed by atoms with Crippen LogP contribution in [0.2, 0.25) is 0 Å². The Kier molecular flexibility index (Phi) is 5.82. The summed E-state index contributed by atoms with van der Waals surface area (Å²) in [5.74, 6) is 6.11. The molecule has 0 aromatic rings. The van der Waals surface area contributed by atoms with E-state index in [0.717, 1.165) is 13.0 Å². The van der Waals surface area contributed by atoms with Gasteiger partial charge in [-0.15, -0.1) is 11.8 Å². The van der Waals surface area contributed by atoms with E-state index in [9.17, 15) is 0 Å². The lowest BCUT2D eigenvalue weighted by Gasteiger charge is -2.30. The van der Waals surface area contributed by atoms with Gasteiger partial charge in [0.1, 0.15) is 0 Å². The molecule has 0 saturated heterocycles. The fourth-order valence-electron chi connectivity index (χ4n) is 1.21. The molecule has 0 aromatic heterocycles. The molecule has 1 N–H and O–H groups in total. The molecule has 76 valence electrons. The summed E-state index contributed by atoms with van der Waals surface area (Å²) >= 11 is 0. The van der Waals surface area contributed by atoms with Crippen LogP contribution in [-0.2, 0) is 0 Å². The fourth-order valence-corrected chi connectivity index (χ4v) is 1.21. The van der Waals surface area contributed by atoms with Gasteiger partial charge in [0, 0.05) is 12.5 Å². The predicted octanol–water partition coefficient (Wildman–Crippen LogP) is 2.81. The summed E-state index contributed by atoms with van der Waals surface area (Å²) in [7, 11) is 0. The SMILES string of the molecule is CC#CCC(NCCC)C(C)(C)C. The van der Waals surface area contributed by atoms with Crippen LogP contribution in [0.15, 0.2) is 0 Å². The molecule has 0 fully saturated rings. The van der Waals surface area contributed by atoms with Crippen LogP contribution in [-0.4, -0.2) is 12.6 Å². The quantitative estimate of drug-likeness (QED) is 0.658. The summed E-state index contributed by atoms with van der Waals surface area (Å²) in [6, 6.07) is 0.514. The molecule has 0 amide bonds. The Balaban J connectivity index is 4.08. The van der Waals surface area contributed by atoms with Crippen LogP contribution in [0.25, 0.3) is 0 Å². The van der Waals surface area contributed by atoms with Crippen LogP contribution in [0.4, 0.5) is 0 Å². The van der Waals surface area contributed by atoms with Crippen molar-refractivity contribution in [2.45, 2.75) is 53.5 Å². The maximum Gasteiger partial charge on any atom is 0.0248 e. The third kappa shape index (κ3) is 5.71. The molecule has 13 heavy (non-hydrogen) atoms. The van der Waals surface area contributed by atoms with Gasteiger partial charge in [-0.25, -0.2) is 0 Å². The summed E-state index contributed by atoms with van der Waals surface area (Å²) in [4.78, 5) is 0. The van der Waals surface area contributed by atoms with Crippen LogP contribution in [0, 0.1) is 17.3 Å². The minimum absolute atomic E-state index is 0.305. The van der Waals surface area contributed by atoms with E-state index in [1.165, 1.54) is 6.42 Å². The topological polar surface area (TPSA) is 12.0 Å². The third-order valence-corrected chi connectivity index (χ3v) is 2.17. The second-order valence-electron chi connectivity index (χ2n) is 4.50. The van der Waals surface area contributed by atoms with Crippen molar-refractivity contribution in [2.75, 3.05) is 6.54 Å². The van der Waals surface area contributed by atoms with Gasteiger partial charge >= 0.3 is 0 Å². The third-order valence-electron chi connectivity index (χ3n) is 2.17. The van der Waals surface area contributed by atoms with Crippen molar-refractivity contribution in [2.24, 2.45) is 5.41 Å². The second kappa shape index (κ2) is 6.05. The smallest absolute Gasteiger partial charge is 0.0248 e. The van der Waals surface area contributed by atoms with Gasteiger partial charge in [-0.2, -0.15) is 0 Å². The summed E-state index contributed by atoms with van der Waals surface area (Å²) in [6.07, 6.45) is 2.14. The Morgan fingerprint density at radius 2 is 1.92 bits per heavy atom. The molecule has 1 unspecified atom stereocenters. The van der Waals surface area contributed by atoms with Crippen molar-refractivity contribution in [1.29, 1.82) is 0 Å². The first-order valence-electron chi connectivity index (χ1n) is 5.15. The van der Waals surface area contributed by atoms with E-state index in [-0.39, 0.29) is 0 Å². The molecule has 1 nitrogen and oxygen atoms in total. The monoisotopic (exact) mass is 181 g/mol. The van der Waals surface area contributed by atoms with Crippen LogP contribution < -0.4 is 5.32 Å². The lowest BCUT2D eigenvalue weighted by molar-refractivity contribution is 0.272. The molecule has 0 bridgehead atoms. The first kappa shape index (κ1) is 12.5. The first-order valence-corrected chi connectivity index (χ1v) is 5.15. The van der Waals surface area contributed by atoms with Crippen LogP contribution in [0.5, 0.6) is 0 Å². The maximum atomic E-state index is 3.54. The molecule has 0 rings (SSSR count). The van der Waals surface area contributed by atoms with E-state index in [1.807, 2.05) is 6.92 Å². The van der Waals surface area contributed by atoms with E-state index >= 15 is 0 Å². The molecule has 0 aliphatic heterocycles. The Morgan fingerprint density at radius 1 is 1.31 bits per heavy atom. The van der Waals surface area contributed by atoms with E-state index in [4.69, 9.17) is 0 Å². The number of hydrogen-bond donors (Lipinski definition) is 1. The molecule has 1 atom stereocenters. The zero-order valence-corrected chi connectivity index (χ0v) is 9.70. The lowest BCUT2D eigenvalue weighted by atomic mass is 9.85. The number of hydrogen-bond acceptors (Lipinski definition) is 1. The lowest BCUT2D eigenvalue weighted by Crippen LogP contribution is -2.40. The highest BCUT2D eigenvalue weighted by molar-refractivity contribution is 5.00.